The van der Waals surface area contributed by atoms with E-state index in [0.29, 0.717) is 23.0 Å². The van der Waals surface area contributed by atoms with E-state index < -0.39 is 0 Å². The van der Waals surface area contributed by atoms with Crippen LogP contribution in [0.4, 0.5) is 0 Å². The molecule has 3 heterocycles. The quantitative estimate of drug-likeness (QED) is 0.390. The molecular weight excluding hydrogens is 414 g/mol. The summed E-state index contributed by atoms with van der Waals surface area (Å²) in [4.78, 5) is 29.2. The normalized spacial score (nSPS) is 10.2. The van der Waals surface area contributed by atoms with Gasteiger partial charge in [-0.05, 0) is 55.1 Å². The Bertz CT molecular complexity index is 1380. The van der Waals surface area contributed by atoms with Crippen LogP contribution in [0.25, 0.3) is 33.4 Å². The molecule has 7 nitrogen and oxygen atoms in total. The number of carbonyl (C=O) groups is 1. The van der Waals surface area contributed by atoms with E-state index >= 15 is 0 Å². The van der Waals surface area contributed by atoms with E-state index in [1.165, 1.54) is 7.05 Å². The molecule has 5 aromatic rings. The van der Waals surface area contributed by atoms with Gasteiger partial charge in [-0.1, -0.05) is 24.3 Å². The number of carbonyl (C=O) groups excluding carboxylic acids is 1. The van der Waals surface area contributed by atoms with Gasteiger partial charge < -0.3 is 10.5 Å². The number of hydrogen-bond acceptors (Lipinski definition) is 7. The first kappa shape index (κ1) is 21.7. The van der Waals surface area contributed by atoms with Crippen LogP contribution < -0.4 is 10.5 Å². The maximum atomic E-state index is 11.5. The molecule has 0 radical (unpaired) electrons. The van der Waals surface area contributed by atoms with Crippen molar-refractivity contribution < 1.29 is 9.53 Å². The molecule has 0 aliphatic rings. The Morgan fingerprint density at radius 2 is 1.52 bits per heavy atom. The van der Waals surface area contributed by atoms with Gasteiger partial charge in [0, 0.05) is 35.9 Å². The van der Waals surface area contributed by atoms with E-state index in [-0.39, 0.29) is 0 Å². The minimum absolute atomic E-state index is 0.365. The Morgan fingerprint density at radius 3 is 2.21 bits per heavy atom. The third kappa shape index (κ3) is 4.73. The standard InChI is InChI=1S/C25H16N4O2.CH5N/c30-16-20-5-1-2-8-23(20)31-25-21-13-17(18-6-3-11-26-14-18)9-10-22(21)28-24(29-25)19-7-4-12-27-15-19;1-2/h1-16H;2H2,1H3. The van der Waals surface area contributed by atoms with E-state index in [1.54, 1.807) is 43.0 Å². The summed E-state index contributed by atoms with van der Waals surface area (Å²) in [7, 11) is 1.50. The van der Waals surface area contributed by atoms with Crippen molar-refractivity contribution in [2.24, 2.45) is 5.73 Å². The van der Waals surface area contributed by atoms with Crippen molar-refractivity contribution in [3.05, 3.63) is 97.1 Å². The topological polar surface area (TPSA) is 104 Å². The summed E-state index contributed by atoms with van der Waals surface area (Å²) < 4.78 is 6.15. The van der Waals surface area contributed by atoms with Gasteiger partial charge in [0.2, 0.25) is 5.88 Å². The number of rotatable bonds is 5. The summed E-state index contributed by atoms with van der Waals surface area (Å²) in [6.45, 7) is 0. The average molecular weight is 435 g/mol. The van der Waals surface area contributed by atoms with Crippen LogP contribution in [0.3, 0.4) is 0 Å². The summed E-state index contributed by atoms with van der Waals surface area (Å²) in [5.74, 6) is 1.29. The van der Waals surface area contributed by atoms with E-state index in [4.69, 9.17) is 9.72 Å². The van der Waals surface area contributed by atoms with Crippen molar-refractivity contribution in [3.8, 4) is 34.1 Å². The van der Waals surface area contributed by atoms with Crippen molar-refractivity contribution in [2.45, 2.75) is 0 Å². The van der Waals surface area contributed by atoms with Gasteiger partial charge in [0.15, 0.2) is 12.1 Å². The van der Waals surface area contributed by atoms with Gasteiger partial charge in [0.25, 0.3) is 0 Å². The van der Waals surface area contributed by atoms with E-state index in [9.17, 15) is 4.79 Å². The minimum Gasteiger partial charge on any atom is -0.437 e. The molecule has 5 rings (SSSR count). The lowest BCUT2D eigenvalue weighted by molar-refractivity contribution is 0.112. The van der Waals surface area contributed by atoms with Crippen LogP contribution in [0.2, 0.25) is 0 Å². The molecule has 0 fully saturated rings. The Kier molecular flexibility index (Phi) is 6.73. The second-order valence-electron chi connectivity index (χ2n) is 6.83. The monoisotopic (exact) mass is 435 g/mol. The lowest BCUT2D eigenvalue weighted by Crippen LogP contribution is -1.98. The van der Waals surface area contributed by atoms with Crippen LogP contribution >= 0.6 is 0 Å². The van der Waals surface area contributed by atoms with Gasteiger partial charge >= 0.3 is 0 Å². The molecule has 162 valence electrons. The molecule has 3 aromatic heterocycles. The van der Waals surface area contributed by atoms with E-state index in [1.807, 2.05) is 48.5 Å². The van der Waals surface area contributed by atoms with Crippen molar-refractivity contribution in [1.29, 1.82) is 0 Å². The number of aromatic nitrogens is 4. The molecule has 0 aliphatic heterocycles. The highest BCUT2D eigenvalue weighted by molar-refractivity contribution is 5.90. The van der Waals surface area contributed by atoms with Crippen LogP contribution in [0, 0.1) is 0 Å². The molecule has 2 N–H and O–H groups in total. The molecule has 2 aromatic carbocycles. The van der Waals surface area contributed by atoms with Gasteiger partial charge in [0.1, 0.15) is 5.75 Å². The summed E-state index contributed by atoms with van der Waals surface area (Å²) in [6.07, 6.45) is 7.70. The zero-order chi connectivity index (χ0) is 23.0. The van der Waals surface area contributed by atoms with Crippen LogP contribution in [0.5, 0.6) is 11.6 Å². The Balaban J connectivity index is 0.00000126. The second kappa shape index (κ2) is 10.2. The fourth-order valence-electron chi connectivity index (χ4n) is 3.29. The summed E-state index contributed by atoms with van der Waals surface area (Å²) in [5.41, 5.74) is 8.38. The van der Waals surface area contributed by atoms with Crippen LogP contribution in [-0.4, -0.2) is 33.3 Å². The molecule has 0 unspecified atom stereocenters. The van der Waals surface area contributed by atoms with Gasteiger partial charge in [-0.15, -0.1) is 0 Å². The molecule has 7 heteroatoms. The summed E-state index contributed by atoms with van der Waals surface area (Å²) in [6, 6.07) is 20.5. The maximum Gasteiger partial charge on any atom is 0.230 e. The van der Waals surface area contributed by atoms with Gasteiger partial charge in [-0.2, -0.15) is 4.98 Å². The molecule has 0 aliphatic carbocycles. The molecular formula is C26H21N5O2. The molecule has 0 spiro atoms. The van der Waals surface area contributed by atoms with Crippen molar-refractivity contribution in [2.75, 3.05) is 7.05 Å². The average Bonchev–Trinajstić information content (AvgIpc) is 2.91. The van der Waals surface area contributed by atoms with E-state index in [0.717, 1.165) is 33.9 Å². The predicted octanol–water partition coefficient (Wildman–Crippen LogP) is 4.93. The van der Waals surface area contributed by atoms with Crippen molar-refractivity contribution in [3.63, 3.8) is 0 Å². The largest absolute Gasteiger partial charge is 0.437 e. The van der Waals surface area contributed by atoms with Crippen LogP contribution in [0.15, 0.2) is 91.5 Å². The fraction of sp³-hybridized carbons (Fsp3) is 0.0385. The number of hydrogen-bond donors (Lipinski definition) is 1. The lowest BCUT2D eigenvalue weighted by atomic mass is 10.1. The molecule has 0 saturated heterocycles. The first-order chi connectivity index (χ1) is 16.3. The highest BCUT2D eigenvalue weighted by Gasteiger charge is 2.14. The number of ether oxygens (including phenoxy) is 1. The maximum absolute atomic E-state index is 11.5. The van der Waals surface area contributed by atoms with Crippen molar-refractivity contribution >= 4 is 17.2 Å². The Hall–Kier alpha value is -4.49. The molecule has 0 amide bonds. The number of benzene rings is 2. The third-order valence-corrected chi connectivity index (χ3v) is 4.83. The van der Waals surface area contributed by atoms with Gasteiger partial charge in [-0.3, -0.25) is 14.8 Å². The minimum atomic E-state index is 0.365. The first-order valence-corrected chi connectivity index (χ1v) is 10.2. The number of nitrogens with two attached hydrogens (primary N) is 1. The summed E-state index contributed by atoms with van der Waals surface area (Å²) >= 11 is 0. The fourth-order valence-corrected chi connectivity index (χ4v) is 3.29. The van der Waals surface area contributed by atoms with Gasteiger partial charge in [-0.25, -0.2) is 4.98 Å². The zero-order valence-electron chi connectivity index (χ0n) is 17.9. The smallest absolute Gasteiger partial charge is 0.230 e. The van der Waals surface area contributed by atoms with E-state index in [2.05, 4.69) is 20.7 Å². The number of pyridine rings is 2. The molecule has 0 atom stereocenters. The number of fused-ring (bicyclic) bond motifs is 1. The SMILES string of the molecule is CN.O=Cc1ccccc1Oc1nc(-c2cccnc2)nc2ccc(-c3cccnc3)cc12. The Labute approximate surface area is 191 Å². The highest BCUT2D eigenvalue weighted by Crippen LogP contribution is 2.33. The summed E-state index contributed by atoms with van der Waals surface area (Å²) in [5, 5.41) is 0.731. The highest BCUT2D eigenvalue weighted by atomic mass is 16.5. The van der Waals surface area contributed by atoms with Crippen molar-refractivity contribution in [1.82, 2.24) is 19.9 Å². The lowest BCUT2D eigenvalue weighted by Gasteiger charge is -2.12. The van der Waals surface area contributed by atoms with Gasteiger partial charge in [0.05, 0.1) is 16.5 Å². The predicted molar refractivity (Wildman–Crippen MR) is 128 cm³/mol. The number of aldehydes is 1. The Morgan fingerprint density at radius 1 is 0.788 bits per heavy atom. The van der Waals surface area contributed by atoms with Crippen LogP contribution in [0.1, 0.15) is 10.4 Å². The number of para-hydroxylation sites is 1. The first-order valence-electron chi connectivity index (χ1n) is 10.2. The second-order valence-corrected chi connectivity index (χ2v) is 6.83. The molecule has 33 heavy (non-hydrogen) atoms. The third-order valence-electron chi connectivity index (χ3n) is 4.83. The molecule has 0 bridgehead atoms. The van der Waals surface area contributed by atoms with Crippen LogP contribution in [-0.2, 0) is 0 Å². The molecule has 0 saturated carbocycles. The zero-order valence-corrected chi connectivity index (χ0v) is 17.9. The number of nitrogens with zero attached hydrogens (tertiary/aromatic N) is 4.